The van der Waals surface area contributed by atoms with E-state index in [0.29, 0.717) is 5.56 Å². The molecule has 4 heteroatoms. The van der Waals surface area contributed by atoms with Gasteiger partial charge >= 0.3 is 0 Å². The van der Waals surface area contributed by atoms with E-state index in [1.54, 1.807) is 19.2 Å². The standard InChI is InChI=1S/C17H13NO3/c1-21-13-9-10-14-12(11-13)5-4-7-15(14)16-6-2-3-8-17(16)18(19)20/h2-11H,1H3. The third-order valence-corrected chi connectivity index (χ3v) is 3.48. The second-order valence-electron chi connectivity index (χ2n) is 4.67. The first kappa shape index (κ1) is 13.1. The van der Waals surface area contributed by atoms with E-state index in [2.05, 4.69) is 0 Å². The molecule has 3 rings (SSSR count). The van der Waals surface area contributed by atoms with Crippen molar-refractivity contribution in [3.05, 3.63) is 70.8 Å². The smallest absolute Gasteiger partial charge is 0.277 e. The van der Waals surface area contributed by atoms with Gasteiger partial charge in [-0.1, -0.05) is 36.4 Å². The summed E-state index contributed by atoms with van der Waals surface area (Å²) in [5.41, 5.74) is 1.58. The van der Waals surface area contributed by atoms with Crippen LogP contribution >= 0.6 is 0 Å². The molecule has 3 aromatic rings. The largest absolute Gasteiger partial charge is 0.497 e. The van der Waals surface area contributed by atoms with Gasteiger partial charge in [-0.25, -0.2) is 0 Å². The lowest BCUT2D eigenvalue weighted by molar-refractivity contribution is -0.384. The quantitative estimate of drug-likeness (QED) is 0.526. The van der Waals surface area contributed by atoms with Gasteiger partial charge in [0.15, 0.2) is 0 Å². The predicted molar refractivity (Wildman–Crippen MR) is 82.6 cm³/mol. The third-order valence-electron chi connectivity index (χ3n) is 3.48. The number of para-hydroxylation sites is 1. The van der Waals surface area contributed by atoms with Gasteiger partial charge in [-0.2, -0.15) is 0 Å². The fourth-order valence-corrected chi connectivity index (χ4v) is 2.48. The van der Waals surface area contributed by atoms with Crippen molar-refractivity contribution in [3.8, 4) is 16.9 Å². The van der Waals surface area contributed by atoms with E-state index in [1.807, 2.05) is 42.5 Å². The summed E-state index contributed by atoms with van der Waals surface area (Å²) in [5.74, 6) is 0.766. The highest BCUT2D eigenvalue weighted by Gasteiger charge is 2.16. The summed E-state index contributed by atoms with van der Waals surface area (Å²) in [6, 6.07) is 18.3. The molecule has 0 fully saturated rings. The Bertz CT molecular complexity index is 827. The van der Waals surface area contributed by atoms with Crippen LogP contribution in [0.15, 0.2) is 60.7 Å². The summed E-state index contributed by atoms with van der Waals surface area (Å²) in [5, 5.41) is 13.2. The van der Waals surface area contributed by atoms with Gasteiger partial charge in [0, 0.05) is 6.07 Å². The average Bonchev–Trinajstić information content (AvgIpc) is 2.53. The van der Waals surface area contributed by atoms with Crippen molar-refractivity contribution in [2.24, 2.45) is 0 Å². The summed E-state index contributed by atoms with van der Waals surface area (Å²) in [4.78, 5) is 10.9. The molecule has 0 heterocycles. The van der Waals surface area contributed by atoms with Gasteiger partial charge in [0.2, 0.25) is 0 Å². The molecule has 104 valence electrons. The molecule has 0 aliphatic rings. The molecule has 0 radical (unpaired) electrons. The Labute approximate surface area is 121 Å². The van der Waals surface area contributed by atoms with Crippen LogP contribution in [-0.4, -0.2) is 12.0 Å². The topological polar surface area (TPSA) is 52.4 Å². The lowest BCUT2D eigenvalue weighted by Gasteiger charge is -2.09. The number of hydrogen-bond donors (Lipinski definition) is 0. The lowest BCUT2D eigenvalue weighted by atomic mass is 9.97. The second kappa shape index (κ2) is 5.25. The van der Waals surface area contributed by atoms with E-state index < -0.39 is 0 Å². The molecule has 3 aromatic carbocycles. The predicted octanol–water partition coefficient (Wildman–Crippen LogP) is 4.42. The van der Waals surface area contributed by atoms with E-state index in [0.717, 1.165) is 22.1 Å². The van der Waals surface area contributed by atoms with Crippen LogP contribution in [0.4, 0.5) is 5.69 Å². The molecule has 0 amide bonds. The van der Waals surface area contributed by atoms with Crippen molar-refractivity contribution in [2.75, 3.05) is 7.11 Å². The van der Waals surface area contributed by atoms with Crippen LogP contribution in [0.3, 0.4) is 0 Å². The van der Waals surface area contributed by atoms with Crippen LogP contribution in [-0.2, 0) is 0 Å². The molecule has 0 spiro atoms. The zero-order valence-corrected chi connectivity index (χ0v) is 11.4. The molecule has 0 aliphatic carbocycles. The highest BCUT2D eigenvalue weighted by Crippen LogP contribution is 2.35. The van der Waals surface area contributed by atoms with Crippen molar-refractivity contribution in [1.82, 2.24) is 0 Å². The van der Waals surface area contributed by atoms with Crippen LogP contribution in [0, 0.1) is 10.1 Å². The van der Waals surface area contributed by atoms with E-state index in [1.165, 1.54) is 6.07 Å². The van der Waals surface area contributed by atoms with Crippen molar-refractivity contribution < 1.29 is 9.66 Å². The first-order valence-electron chi connectivity index (χ1n) is 6.51. The first-order valence-corrected chi connectivity index (χ1v) is 6.51. The summed E-state index contributed by atoms with van der Waals surface area (Å²) in [6.07, 6.45) is 0. The van der Waals surface area contributed by atoms with Gasteiger partial charge in [-0.05, 0) is 34.5 Å². The van der Waals surface area contributed by atoms with Crippen molar-refractivity contribution >= 4 is 16.5 Å². The number of rotatable bonds is 3. The maximum atomic E-state index is 11.2. The number of nitrogens with zero attached hydrogens (tertiary/aromatic N) is 1. The number of fused-ring (bicyclic) bond motifs is 1. The minimum Gasteiger partial charge on any atom is -0.497 e. The highest BCUT2D eigenvalue weighted by molar-refractivity contribution is 5.99. The van der Waals surface area contributed by atoms with Gasteiger partial charge in [0.1, 0.15) is 5.75 Å². The van der Waals surface area contributed by atoms with E-state index in [-0.39, 0.29) is 10.6 Å². The summed E-state index contributed by atoms with van der Waals surface area (Å²) >= 11 is 0. The molecule has 21 heavy (non-hydrogen) atoms. The van der Waals surface area contributed by atoms with Crippen LogP contribution in [0.5, 0.6) is 5.75 Å². The molecule has 4 nitrogen and oxygen atoms in total. The minimum atomic E-state index is -0.350. The molecule has 0 N–H and O–H groups in total. The zero-order chi connectivity index (χ0) is 14.8. The van der Waals surface area contributed by atoms with E-state index >= 15 is 0 Å². The summed E-state index contributed by atoms with van der Waals surface area (Å²) < 4.78 is 5.22. The maximum absolute atomic E-state index is 11.2. The Morgan fingerprint density at radius 2 is 1.71 bits per heavy atom. The van der Waals surface area contributed by atoms with Crippen LogP contribution in [0.25, 0.3) is 21.9 Å². The van der Waals surface area contributed by atoms with Gasteiger partial charge < -0.3 is 4.74 Å². The molecule has 0 aromatic heterocycles. The average molecular weight is 279 g/mol. The molecule has 0 unspecified atom stereocenters. The van der Waals surface area contributed by atoms with Crippen molar-refractivity contribution in [3.63, 3.8) is 0 Å². The number of nitro benzene ring substituents is 1. The molecule has 0 saturated carbocycles. The molecule has 0 aliphatic heterocycles. The molecular weight excluding hydrogens is 266 g/mol. The summed E-state index contributed by atoms with van der Waals surface area (Å²) in [7, 11) is 1.62. The molecule has 0 bridgehead atoms. The van der Waals surface area contributed by atoms with Gasteiger partial charge in [-0.15, -0.1) is 0 Å². The number of hydrogen-bond acceptors (Lipinski definition) is 3. The number of nitro groups is 1. The van der Waals surface area contributed by atoms with Gasteiger partial charge in [0.25, 0.3) is 5.69 Å². The lowest BCUT2D eigenvalue weighted by Crippen LogP contribution is -1.92. The number of methoxy groups -OCH3 is 1. The number of ether oxygens (including phenoxy) is 1. The molecular formula is C17H13NO3. The molecule has 0 saturated heterocycles. The van der Waals surface area contributed by atoms with Gasteiger partial charge in [0.05, 0.1) is 17.6 Å². The fraction of sp³-hybridized carbons (Fsp3) is 0.0588. The first-order chi connectivity index (χ1) is 10.2. The van der Waals surface area contributed by atoms with E-state index in [4.69, 9.17) is 4.74 Å². The number of benzene rings is 3. The zero-order valence-electron chi connectivity index (χ0n) is 11.4. The SMILES string of the molecule is COc1ccc2c(-c3ccccc3[N+](=O)[O-])cccc2c1. The normalized spacial score (nSPS) is 10.5. The van der Waals surface area contributed by atoms with Crippen molar-refractivity contribution in [2.45, 2.75) is 0 Å². The Morgan fingerprint density at radius 3 is 2.48 bits per heavy atom. The summed E-state index contributed by atoms with van der Waals surface area (Å²) in [6.45, 7) is 0. The minimum absolute atomic E-state index is 0.112. The van der Waals surface area contributed by atoms with Crippen LogP contribution in [0.1, 0.15) is 0 Å². The van der Waals surface area contributed by atoms with Gasteiger partial charge in [-0.3, -0.25) is 10.1 Å². The Morgan fingerprint density at radius 1 is 0.952 bits per heavy atom. The Hall–Kier alpha value is -2.88. The van der Waals surface area contributed by atoms with Crippen LogP contribution < -0.4 is 4.74 Å². The third kappa shape index (κ3) is 2.31. The Balaban J connectivity index is 2.29. The van der Waals surface area contributed by atoms with Crippen molar-refractivity contribution in [1.29, 1.82) is 0 Å². The fourth-order valence-electron chi connectivity index (χ4n) is 2.48. The molecule has 0 atom stereocenters. The Kier molecular flexibility index (Phi) is 3.28. The van der Waals surface area contributed by atoms with E-state index in [9.17, 15) is 10.1 Å². The monoisotopic (exact) mass is 279 g/mol. The maximum Gasteiger partial charge on any atom is 0.277 e. The highest BCUT2D eigenvalue weighted by atomic mass is 16.6. The second-order valence-corrected chi connectivity index (χ2v) is 4.67. The van der Waals surface area contributed by atoms with Crippen LogP contribution in [0.2, 0.25) is 0 Å².